The van der Waals surface area contributed by atoms with E-state index < -0.39 is 0 Å². The summed E-state index contributed by atoms with van der Waals surface area (Å²) in [6.45, 7) is 11.8. The Balaban J connectivity index is 2.46. The van der Waals surface area contributed by atoms with Gasteiger partial charge in [-0.3, -0.25) is 4.68 Å². The summed E-state index contributed by atoms with van der Waals surface area (Å²) in [5, 5.41) is 14.3. The highest BCUT2D eigenvalue weighted by Crippen LogP contribution is 2.29. The average molecular weight is 238 g/mol. The fourth-order valence-corrected chi connectivity index (χ4v) is 1.80. The zero-order valence-electron chi connectivity index (χ0n) is 11.8. The van der Waals surface area contributed by atoms with Crippen LogP contribution in [0.1, 0.15) is 46.6 Å². The molecule has 0 radical (unpaired) electrons. The van der Waals surface area contributed by atoms with Gasteiger partial charge in [-0.15, -0.1) is 0 Å². The van der Waals surface area contributed by atoms with E-state index in [1.54, 1.807) is 0 Å². The lowest BCUT2D eigenvalue weighted by Crippen LogP contribution is -2.23. The van der Waals surface area contributed by atoms with E-state index in [1.165, 1.54) is 0 Å². The second-order valence-corrected chi connectivity index (χ2v) is 6.07. The van der Waals surface area contributed by atoms with Gasteiger partial charge in [0.05, 0.1) is 12.3 Å². The lowest BCUT2D eigenvalue weighted by molar-refractivity contribution is 0.110. The molecule has 3 heteroatoms. The number of aryl methyl sites for hydroxylation is 1. The molecule has 0 amide bonds. The Morgan fingerprint density at radius 1 is 1.41 bits per heavy atom. The maximum absolute atomic E-state index is 10.1. The molecule has 0 aliphatic carbocycles. The first-order valence-electron chi connectivity index (χ1n) is 6.52. The van der Waals surface area contributed by atoms with Crippen LogP contribution in [-0.4, -0.2) is 21.0 Å². The van der Waals surface area contributed by atoms with E-state index in [0.29, 0.717) is 12.3 Å². The van der Waals surface area contributed by atoms with E-state index >= 15 is 0 Å². The maximum Gasteiger partial charge on any atom is 0.0584 e. The van der Waals surface area contributed by atoms with Crippen molar-refractivity contribution in [3.8, 4) is 0 Å². The van der Waals surface area contributed by atoms with Crippen molar-refractivity contribution < 1.29 is 5.11 Å². The summed E-state index contributed by atoms with van der Waals surface area (Å²) >= 11 is 0. The Morgan fingerprint density at radius 2 is 2.06 bits per heavy atom. The number of rotatable bonds is 5. The summed E-state index contributed by atoms with van der Waals surface area (Å²) in [7, 11) is 0. The average Bonchev–Trinajstić information content (AvgIpc) is 2.63. The second-order valence-electron chi connectivity index (χ2n) is 6.07. The van der Waals surface area contributed by atoms with Crippen molar-refractivity contribution >= 4 is 0 Å². The first-order valence-corrected chi connectivity index (χ1v) is 6.52. The van der Waals surface area contributed by atoms with Crippen molar-refractivity contribution in [3.63, 3.8) is 0 Å². The third-order valence-electron chi connectivity index (χ3n) is 3.59. The highest BCUT2D eigenvalue weighted by Gasteiger charge is 2.22. The summed E-state index contributed by atoms with van der Waals surface area (Å²) < 4.78 is 1.90. The molecule has 0 fully saturated rings. The highest BCUT2D eigenvalue weighted by molar-refractivity contribution is 5.05. The number of hydrogen-bond acceptors (Lipinski definition) is 2. The molecule has 1 aromatic rings. The minimum Gasteiger partial charge on any atom is -0.393 e. The van der Waals surface area contributed by atoms with Crippen LogP contribution < -0.4 is 0 Å². The Bertz CT molecular complexity index is 338. The number of nitrogens with zero attached hydrogens (tertiary/aromatic N) is 2. The van der Waals surface area contributed by atoms with Crippen LogP contribution in [0.4, 0.5) is 0 Å². The van der Waals surface area contributed by atoms with Gasteiger partial charge in [0.2, 0.25) is 0 Å². The van der Waals surface area contributed by atoms with Crippen LogP contribution in [0.2, 0.25) is 0 Å². The normalized spacial score (nSPS) is 15.9. The summed E-state index contributed by atoms with van der Waals surface area (Å²) in [6, 6.07) is 0. The number of aromatic nitrogens is 2. The first-order chi connectivity index (χ1) is 7.82. The molecule has 0 aromatic carbocycles. The number of aliphatic hydroxyl groups excluding tert-OH is 1. The molecule has 1 N–H and O–H groups in total. The van der Waals surface area contributed by atoms with Crippen LogP contribution in [0.25, 0.3) is 0 Å². The molecule has 1 rings (SSSR count). The molecule has 2 atom stereocenters. The van der Waals surface area contributed by atoms with Crippen molar-refractivity contribution in [2.45, 2.75) is 60.1 Å². The third kappa shape index (κ3) is 4.50. The SMILES string of the molecule is CCn1cc(CC(O)CC(C)C(C)(C)C)cn1. The van der Waals surface area contributed by atoms with Gasteiger partial charge in [-0.05, 0) is 30.2 Å². The third-order valence-corrected chi connectivity index (χ3v) is 3.59. The molecule has 1 aromatic heterocycles. The molecule has 98 valence electrons. The van der Waals surface area contributed by atoms with Crippen molar-refractivity contribution in [1.82, 2.24) is 9.78 Å². The van der Waals surface area contributed by atoms with Crippen LogP contribution in [0.3, 0.4) is 0 Å². The minimum absolute atomic E-state index is 0.259. The number of aliphatic hydroxyl groups is 1. The van der Waals surface area contributed by atoms with Crippen LogP contribution >= 0.6 is 0 Å². The van der Waals surface area contributed by atoms with Crippen LogP contribution in [0.5, 0.6) is 0 Å². The summed E-state index contributed by atoms with van der Waals surface area (Å²) in [5.74, 6) is 0.513. The zero-order valence-corrected chi connectivity index (χ0v) is 11.8. The molecule has 0 saturated carbocycles. The van der Waals surface area contributed by atoms with E-state index in [2.05, 4.69) is 39.7 Å². The lowest BCUT2D eigenvalue weighted by Gasteiger charge is -2.29. The molecule has 0 spiro atoms. The lowest BCUT2D eigenvalue weighted by atomic mass is 9.78. The molecule has 2 unspecified atom stereocenters. The topological polar surface area (TPSA) is 38.0 Å². The fourth-order valence-electron chi connectivity index (χ4n) is 1.80. The van der Waals surface area contributed by atoms with Gasteiger partial charge < -0.3 is 5.11 Å². The molecule has 0 aliphatic rings. The van der Waals surface area contributed by atoms with E-state index in [-0.39, 0.29) is 11.5 Å². The van der Waals surface area contributed by atoms with Gasteiger partial charge in [0.25, 0.3) is 0 Å². The van der Waals surface area contributed by atoms with Crippen molar-refractivity contribution in [1.29, 1.82) is 0 Å². The smallest absolute Gasteiger partial charge is 0.0584 e. The molecule has 1 heterocycles. The molecule has 0 aliphatic heterocycles. The van der Waals surface area contributed by atoms with E-state index in [0.717, 1.165) is 18.5 Å². The molecular formula is C14H26N2O. The summed E-state index contributed by atoms with van der Waals surface area (Å²) in [5.41, 5.74) is 1.38. The minimum atomic E-state index is -0.265. The van der Waals surface area contributed by atoms with Gasteiger partial charge in [-0.25, -0.2) is 0 Å². The fraction of sp³-hybridized carbons (Fsp3) is 0.786. The molecule has 17 heavy (non-hydrogen) atoms. The van der Waals surface area contributed by atoms with Gasteiger partial charge in [-0.2, -0.15) is 5.10 Å². The van der Waals surface area contributed by atoms with Crippen LogP contribution in [-0.2, 0) is 13.0 Å². The largest absolute Gasteiger partial charge is 0.393 e. The van der Waals surface area contributed by atoms with Gasteiger partial charge >= 0.3 is 0 Å². The van der Waals surface area contributed by atoms with Gasteiger partial charge in [0.15, 0.2) is 0 Å². The van der Waals surface area contributed by atoms with Crippen molar-refractivity contribution in [3.05, 3.63) is 18.0 Å². The monoisotopic (exact) mass is 238 g/mol. The van der Waals surface area contributed by atoms with Crippen LogP contribution in [0.15, 0.2) is 12.4 Å². The predicted octanol–water partition coefficient (Wildman–Crippen LogP) is 2.88. The molecule has 0 bridgehead atoms. The van der Waals surface area contributed by atoms with Crippen LogP contribution in [0, 0.1) is 11.3 Å². The van der Waals surface area contributed by atoms with Gasteiger partial charge in [0.1, 0.15) is 0 Å². The summed E-state index contributed by atoms with van der Waals surface area (Å²) in [6.07, 6.45) is 5.17. The van der Waals surface area contributed by atoms with Crippen molar-refractivity contribution in [2.24, 2.45) is 11.3 Å². The zero-order chi connectivity index (χ0) is 13.1. The van der Waals surface area contributed by atoms with E-state index in [1.807, 2.05) is 17.1 Å². The Morgan fingerprint density at radius 3 is 2.53 bits per heavy atom. The van der Waals surface area contributed by atoms with Crippen molar-refractivity contribution in [2.75, 3.05) is 0 Å². The molecule has 3 nitrogen and oxygen atoms in total. The molecule has 0 saturated heterocycles. The standard InChI is InChI=1S/C14H26N2O/c1-6-16-10-12(9-15-16)8-13(17)7-11(2)14(3,4)5/h9-11,13,17H,6-8H2,1-5H3. The molecular weight excluding hydrogens is 212 g/mol. The second kappa shape index (κ2) is 5.67. The maximum atomic E-state index is 10.1. The first kappa shape index (κ1) is 14.2. The van der Waals surface area contributed by atoms with E-state index in [9.17, 15) is 5.11 Å². The van der Waals surface area contributed by atoms with E-state index in [4.69, 9.17) is 0 Å². The number of hydrogen-bond donors (Lipinski definition) is 1. The summed E-state index contributed by atoms with van der Waals surface area (Å²) in [4.78, 5) is 0. The Labute approximate surface area is 105 Å². The Hall–Kier alpha value is -0.830. The highest BCUT2D eigenvalue weighted by atomic mass is 16.3. The van der Waals surface area contributed by atoms with Gasteiger partial charge in [-0.1, -0.05) is 27.7 Å². The predicted molar refractivity (Wildman–Crippen MR) is 70.8 cm³/mol. The van der Waals surface area contributed by atoms with Gasteiger partial charge in [0, 0.05) is 19.2 Å². The quantitative estimate of drug-likeness (QED) is 0.856. The Kier molecular flexibility index (Phi) is 4.75.